The van der Waals surface area contributed by atoms with Gasteiger partial charge in [0.25, 0.3) is 0 Å². The fraction of sp³-hybridized carbons (Fsp3) is 0.130. The van der Waals surface area contributed by atoms with Gasteiger partial charge in [-0.05, 0) is 33.9 Å². The second kappa shape index (κ2) is 7.96. The molecule has 2 N–H and O–H groups in total. The molecule has 1 aliphatic carbocycles. The van der Waals surface area contributed by atoms with E-state index in [1.165, 1.54) is 28.3 Å². The fourth-order valence-corrected chi connectivity index (χ4v) is 3.55. The van der Waals surface area contributed by atoms with Gasteiger partial charge in [-0.1, -0.05) is 60.7 Å². The van der Waals surface area contributed by atoms with Crippen LogP contribution in [0.3, 0.4) is 0 Å². The number of ether oxygens (including phenoxy) is 1. The van der Waals surface area contributed by atoms with Crippen molar-refractivity contribution in [3.05, 3.63) is 100.0 Å². The molecule has 1 heterocycles. The molecule has 1 amide bonds. The van der Waals surface area contributed by atoms with E-state index in [0.29, 0.717) is 6.54 Å². The number of amides is 1. The number of carbonyl (C=O) groups is 1. The van der Waals surface area contributed by atoms with Crippen LogP contribution in [0.15, 0.2) is 77.7 Å². The molecule has 0 saturated heterocycles. The molecule has 0 fully saturated rings. The average molecular weight is 372 g/mol. The van der Waals surface area contributed by atoms with E-state index >= 15 is 0 Å². The fourth-order valence-electron chi connectivity index (χ4n) is 3.55. The van der Waals surface area contributed by atoms with E-state index < -0.39 is 6.09 Å². The molecule has 0 saturated carbocycles. The molecule has 0 spiro atoms. The average Bonchev–Trinajstić information content (AvgIpc) is 3.04. The van der Waals surface area contributed by atoms with Gasteiger partial charge in [0, 0.05) is 24.7 Å². The number of aromatic nitrogens is 1. The molecule has 4 rings (SSSR count). The van der Waals surface area contributed by atoms with E-state index in [1.54, 1.807) is 24.4 Å². The van der Waals surface area contributed by atoms with Crippen molar-refractivity contribution in [3.63, 3.8) is 0 Å². The first-order chi connectivity index (χ1) is 13.7. The highest BCUT2D eigenvalue weighted by molar-refractivity contribution is 5.79. The minimum Gasteiger partial charge on any atom is -0.449 e. The van der Waals surface area contributed by atoms with Crippen molar-refractivity contribution < 1.29 is 9.53 Å². The maximum atomic E-state index is 12.1. The Morgan fingerprint density at radius 3 is 2.39 bits per heavy atom. The first kappa shape index (κ1) is 17.8. The van der Waals surface area contributed by atoms with Crippen LogP contribution in [0.1, 0.15) is 22.6 Å². The standard InChI is InChI=1S/C23H20N2O3/c26-22-14-16(11-13-24-22)6-5-12-25-23(27)28-15-21-19-9-3-1-7-17(19)18-8-2-4-10-20(18)21/h1-11,13-14,21H,12,15H2,(H,24,26)(H,25,27). The highest BCUT2D eigenvalue weighted by atomic mass is 16.5. The predicted molar refractivity (Wildman–Crippen MR) is 109 cm³/mol. The molecule has 0 atom stereocenters. The maximum Gasteiger partial charge on any atom is 0.407 e. The smallest absolute Gasteiger partial charge is 0.407 e. The highest BCUT2D eigenvalue weighted by Crippen LogP contribution is 2.44. The third-order valence-electron chi connectivity index (χ3n) is 4.82. The Labute approximate surface area is 162 Å². The minimum absolute atomic E-state index is 0.0461. The molecule has 3 aromatic rings. The molecule has 0 radical (unpaired) electrons. The summed E-state index contributed by atoms with van der Waals surface area (Å²) < 4.78 is 5.47. The van der Waals surface area contributed by atoms with E-state index in [4.69, 9.17) is 4.74 Å². The van der Waals surface area contributed by atoms with Crippen LogP contribution >= 0.6 is 0 Å². The first-order valence-corrected chi connectivity index (χ1v) is 9.16. The number of pyridine rings is 1. The number of hydrogen-bond acceptors (Lipinski definition) is 3. The number of alkyl carbamates (subject to hydrolysis) is 1. The number of nitrogens with one attached hydrogen (secondary N) is 2. The summed E-state index contributed by atoms with van der Waals surface area (Å²) in [7, 11) is 0. The number of rotatable bonds is 5. The van der Waals surface area contributed by atoms with Crippen molar-refractivity contribution in [1.82, 2.24) is 10.3 Å². The quantitative estimate of drug-likeness (QED) is 0.713. The number of benzene rings is 2. The molecule has 0 bridgehead atoms. The van der Waals surface area contributed by atoms with Crippen LogP contribution in [0.25, 0.3) is 17.2 Å². The zero-order chi connectivity index (χ0) is 19.3. The lowest BCUT2D eigenvalue weighted by Crippen LogP contribution is -2.26. The summed E-state index contributed by atoms with van der Waals surface area (Å²) in [5, 5.41) is 2.71. The number of carbonyl (C=O) groups excluding carboxylic acids is 1. The van der Waals surface area contributed by atoms with Gasteiger partial charge in [0.2, 0.25) is 5.56 Å². The summed E-state index contributed by atoms with van der Waals surface area (Å²) in [6.45, 7) is 0.612. The number of fused-ring (bicyclic) bond motifs is 3. The van der Waals surface area contributed by atoms with Crippen molar-refractivity contribution in [2.75, 3.05) is 13.2 Å². The Morgan fingerprint density at radius 1 is 1.04 bits per heavy atom. The molecule has 28 heavy (non-hydrogen) atoms. The lowest BCUT2D eigenvalue weighted by molar-refractivity contribution is 0.144. The summed E-state index contributed by atoms with van der Waals surface area (Å²) in [5.41, 5.74) is 5.39. The summed E-state index contributed by atoms with van der Waals surface area (Å²) >= 11 is 0. The summed E-state index contributed by atoms with van der Waals surface area (Å²) in [5.74, 6) is 0.0461. The second-order valence-electron chi connectivity index (χ2n) is 6.60. The van der Waals surface area contributed by atoms with Gasteiger partial charge in [0.05, 0.1) is 0 Å². The minimum atomic E-state index is -0.461. The van der Waals surface area contributed by atoms with Gasteiger partial charge < -0.3 is 15.0 Å². The van der Waals surface area contributed by atoms with E-state index in [-0.39, 0.29) is 18.1 Å². The number of H-pyrrole nitrogens is 1. The van der Waals surface area contributed by atoms with Gasteiger partial charge in [-0.25, -0.2) is 4.79 Å². The van der Waals surface area contributed by atoms with Crippen molar-refractivity contribution in [1.29, 1.82) is 0 Å². The van der Waals surface area contributed by atoms with Crippen molar-refractivity contribution >= 4 is 12.2 Å². The summed E-state index contributed by atoms with van der Waals surface area (Å²) in [6.07, 6.45) is 4.67. The van der Waals surface area contributed by atoms with Crippen LogP contribution in [0.5, 0.6) is 0 Å². The van der Waals surface area contributed by atoms with Crippen LogP contribution in [0, 0.1) is 0 Å². The lowest BCUT2D eigenvalue weighted by Gasteiger charge is -2.14. The summed E-state index contributed by atoms with van der Waals surface area (Å²) in [4.78, 5) is 25.9. The number of hydrogen-bond donors (Lipinski definition) is 2. The highest BCUT2D eigenvalue weighted by Gasteiger charge is 2.28. The molecular formula is C23H20N2O3. The van der Waals surface area contributed by atoms with Crippen molar-refractivity contribution in [2.24, 2.45) is 0 Å². The van der Waals surface area contributed by atoms with Crippen LogP contribution in [-0.2, 0) is 4.74 Å². The molecule has 5 heteroatoms. The molecule has 1 aromatic heterocycles. The largest absolute Gasteiger partial charge is 0.449 e. The molecule has 0 unspecified atom stereocenters. The molecular weight excluding hydrogens is 352 g/mol. The van der Waals surface area contributed by atoms with Gasteiger partial charge in [0.1, 0.15) is 6.61 Å². The van der Waals surface area contributed by atoms with Gasteiger partial charge in [-0.2, -0.15) is 0 Å². The predicted octanol–water partition coefficient (Wildman–Crippen LogP) is 3.93. The van der Waals surface area contributed by atoms with Crippen LogP contribution in [0.2, 0.25) is 0 Å². The van der Waals surface area contributed by atoms with Gasteiger partial charge in [-0.15, -0.1) is 0 Å². The van der Waals surface area contributed by atoms with Gasteiger partial charge in [0.15, 0.2) is 0 Å². The third kappa shape index (κ3) is 3.74. The van der Waals surface area contributed by atoms with E-state index in [0.717, 1.165) is 5.56 Å². The van der Waals surface area contributed by atoms with E-state index in [9.17, 15) is 9.59 Å². The van der Waals surface area contributed by atoms with Crippen LogP contribution < -0.4 is 10.9 Å². The topological polar surface area (TPSA) is 71.2 Å². The Hall–Kier alpha value is -3.60. The molecule has 5 nitrogen and oxygen atoms in total. The maximum absolute atomic E-state index is 12.1. The molecule has 1 aliphatic rings. The van der Waals surface area contributed by atoms with E-state index in [2.05, 4.69) is 34.6 Å². The normalized spacial score (nSPS) is 12.6. The van der Waals surface area contributed by atoms with Gasteiger partial charge >= 0.3 is 6.09 Å². The lowest BCUT2D eigenvalue weighted by atomic mass is 9.98. The van der Waals surface area contributed by atoms with Crippen molar-refractivity contribution in [2.45, 2.75) is 5.92 Å². The Balaban J connectivity index is 1.34. The third-order valence-corrected chi connectivity index (χ3v) is 4.82. The Bertz CT molecular complexity index is 1040. The zero-order valence-electron chi connectivity index (χ0n) is 15.2. The van der Waals surface area contributed by atoms with E-state index in [1.807, 2.05) is 24.3 Å². The van der Waals surface area contributed by atoms with Gasteiger partial charge in [-0.3, -0.25) is 4.79 Å². The zero-order valence-corrected chi connectivity index (χ0v) is 15.2. The molecule has 140 valence electrons. The SMILES string of the molecule is O=C(NCC=Cc1cc[nH]c(=O)c1)OCC1c2ccccc2-c2ccccc21. The van der Waals surface area contributed by atoms with Crippen LogP contribution in [-0.4, -0.2) is 24.2 Å². The first-order valence-electron chi connectivity index (χ1n) is 9.16. The monoisotopic (exact) mass is 372 g/mol. The number of aromatic amines is 1. The second-order valence-corrected chi connectivity index (χ2v) is 6.60. The van der Waals surface area contributed by atoms with Crippen LogP contribution in [0.4, 0.5) is 4.79 Å². The molecule has 0 aliphatic heterocycles. The molecule has 2 aromatic carbocycles. The Kier molecular flexibility index (Phi) is 5.06. The Morgan fingerprint density at radius 2 is 1.71 bits per heavy atom. The van der Waals surface area contributed by atoms with Crippen molar-refractivity contribution in [3.8, 4) is 11.1 Å². The summed E-state index contributed by atoms with van der Waals surface area (Å²) in [6, 6.07) is 19.7.